The number of nitrogens with zero attached hydrogens (tertiary/aromatic N) is 3. The second kappa shape index (κ2) is 4.13. The van der Waals surface area contributed by atoms with Crippen LogP contribution in [-0.2, 0) is 18.3 Å². The molecule has 0 saturated heterocycles. The Morgan fingerprint density at radius 2 is 2.24 bits per heavy atom. The van der Waals surface area contributed by atoms with Crippen LogP contribution in [0.1, 0.15) is 25.1 Å². The lowest BCUT2D eigenvalue weighted by atomic mass is 10.0. The molecule has 3 rings (SSSR count). The molecule has 1 aromatic rings. The monoisotopic (exact) mass is 234 g/mol. The van der Waals surface area contributed by atoms with Gasteiger partial charge in [0.25, 0.3) is 0 Å². The zero-order chi connectivity index (χ0) is 11.8. The third-order valence-electron chi connectivity index (χ3n) is 3.91. The van der Waals surface area contributed by atoms with Gasteiger partial charge in [-0.05, 0) is 31.1 Å². The van der Waals surface area contributed by atoms with E-state index >= 15 is 0 Å². The van der Waals surface area contributed by atoms with E-state index in [0.29, 0.717) is 13.0 Å². The van der Waals surface area contributed by atoms with Gasteiger partial charge in [0.15, 0.2) is 5.82 Å². The van der Waals surface area contributed by atoms with E-state index in [4.69, 9.17) is 0 Å². The first-order valence-corrected chi connectivity index (χ1v) is 6.34. The predicted octanol–water partition coefficient (Wildman–Crippen LogP) is 0.520. The molecule has 0 aromatic carbocycles. The number of rotatable bonds is 4. The molecule has 1 aromatic heterocycles. The van der Waals surface area contributed by atoms with E-state index < -0.39 is 0 Å². The second-order valence-electron chi connectivity index (χ2n) is 5.30. The Labute approximate surface area is 101 Å². The van der Waals surface area contributed by atoms with Crippen molar-refractivity contribution in [1.29, 1.82) is 0 Å². The number of carbonyl (C=O) groups excluding carboxylic acids is 1. The summed E-state index contributed by atoms with van der Waals surface area (Å²) in [7, 11) is 1.85. The summed E-state index contributed by atoms with van der Waals surface area (Å²) in [4.78, 5) is 16.0. The maximum atomic E-state index is 11.8. The molecule has 2 aliphatic carbocycles. The molecule has 17 heavy (non-hydrogen) atoms. The molecule has 5 nitrogen and oxygen atoms in total. The predicted molar refractivity (Wildman–Crippen MR) is 62.0 cm³/mol. The molecule has 2 saturated carbocycles. The van der Waals surface area contributed by atoms with Gasteiger partial charge in [-0.2, -0.15) is 5.10 Å². The van der Waals surface area contributed by atoms with Crippen molar-refractivity contribution < 1.29 is 4.79 Å². The Balaban J connectivity index is 1.40. The van der Waals surface area contributed by atoms with Gasteiger partial charge in [0.2, 0.25) is 5.91 Å². The highest BCUT2D eigenvalue weighted by Crippen LogP contribution is 2.54. The molecule has 2 aliphatic rings. The Kier molecular flexibility index (Phi) is 2.61. The summed E-state index contributed by atoms with van der Waals surface area (Å²) in [6, 6.07) is 0. The van der Waals surface area contributed by atoms with E-state index in [-0.39, 0.29) is 11.8 Å². The topological polar surface area (TPSA) is 59.8 Å². The summed E-state index contributed by atoms with van der Waals surface area (Å²) >= 11 is 0. The van der Waals surface area contributed by atoms with Gasteiger partial charge in [-0.25, -0.2) is 4.98 Å². The molecule has 2 atom stereocenters. The molecular formula is C12H18N4O. The zero-order valence-corrected chi connectivity index (χ0v) is 10.1. The minimum absolute atomic E-state index is 0.230. The van der Waals surface area contributed by atoms with Crippen molar-refractivity contribution in [1.82, 2.24) is 20.1 Å². The Hall–Kier alpha value is -1.39. The molecule has 2 unspecified atom stereocenters. The van der Waals surface area contributed by atoms with Gasteiger partial charge < -0.3 is 5.32 Å². The number of aromatic nitrogens is 3. The Morgan fingerprint density at radius 3 is 2.88 bits per heavy atom. The number of fused-ring (bicyclic) bond motifs is 1. The molecule has 1 amide bonds. The van der Waals surface area contributed by atoms with Crippen molar-refractivity contribution in [2.45, 2.75) is 25.7 Å². The van der Waals surface area contributed by atoms with E-state index in [2.05, 4.69) is 15.4 Å². The highest BCUT2D eigenvalue weighted by atomic mass is 16.1. The summed E-state index contributed by atoms with van der Waals surface area (Å²) < 4.78 is 1.68. The zero-order valence-electron chi connectivity index (χ0n) is 10.1. The van der Waals surface area contributed by atoms with Crippen LogP contribution in [0.25, 0.3) is 0 Å². The van der Waals surface area contributed by atoms with Crippen LogP contribution in [0.5, 0.6) is 0 Å². The quantitative estimate of drug-likeness (QED) is 0.826. The lowest BCUT2D eigenvalue weighted by Crippen LogP contribution is -2.31. The number of nitrogens with one attached hydrogen (secondary N) is 1. The number of hydrogen-bond donors (Lipinski definition) is 1. The summed E-state index contributed by atoms with van der Waals surface area (Å²) in [5, 5.41) is 7.17. The molecule has 5 heteroatoms. The highest BCUT2D eigenvalue weighted by molar-refractivity contribution is 5.79. The first-order chi connectivity index (χ1) is 8.22. The minimum Gasteiger partial charge on any atom is -0.355 e. The van der Waals surface area contributed by atoms with Gasteiger partial charge in [-0.3, -0.25) is 9.48 Å². The fourth-order valence-corrected chi connectivity index (χ4v) is 2.87. The van der Waals surface area contributed by atoms with Crippen LogP contribution in [0.15, 0.2) is 6.33 Å². The second-order valence-corrected chi connectivity index (χ2v) is 5.30. The standard InChI is InChI=1S/C12H18N4O/c1-16-7-14-11(15-16)2-3-13-12(17)10-5-8-4-9(8)6-10/h7-10H,2-6H2,1H3,(H,13,17). The van der Waals surface area contributed by atoms with Gasteiger partial charge in [-0.1, -0.05) is 0 Å². The Morgan fingerprint density at radius 1 is 1.47 bits per heavy atom. The maximum Gasteiger partial charge on any atom is 0.223 e. The van der Waals surface area contributed by atoms with Gasteiger partial charge in [0.05, 0.1) is 0 Å². The number of aryl methyl sites for hydroxylation is 1. The average molecular weight is 234 g/mol. The van der Waals surface area contributed by atoms with Crippen LogP contribution >= 0.6 is 0 Å². The van der Waals surface area contributed by atoms with E-state index in [9.17, 15) is 4.79 Å². The molecule has 1 heterocycles. The number of amides is 1. The van der Waals surface area contributed by atoms with E-state index in [1.165, 1.54) is 6.42 Å². The van der Waals surface area contributed by atoms with Gasteiger partial charge in [0, 0.05) is 25.9 Å². The van der Waals surface area contributed by atoms with Crippen molar-refractivity contribution in [2.24, 2.45) is 24.8 Å². The van der Waals surface area contributed by atoms with Gasteiger partial charge in [-0.15, -0.1) is 0 Å². The number of carbonyl (C=O) groups is 1. The van der Waals surface area contributed by atoms with Crippen molar-refractivity contribution in [2.75, 3.05) is 6.54 Å². The lowest BCUT2D eigenvalue weighted by molar-refractivity contribution is -0.125. The van der Waals surface area contributed by atoms with Gasteiger partial charge >= 0.3 is 0 Å². The van der Waals surface area contributed by atoms with Crippen molar-refractivity contribution in [3.8, 4) is 0 Å². The molecule has 0 aliphatic heterocycles. The van der Waals surface area contributed by atoms with Crippen molar-refractivity contribution >= 4 is 5.91 Å². The fraction of sp³-hybridized carbons (Fsp3) is 0.750. The Bertz CT molecular complexity index is 418. The number of hydrogen-bond acceptors (Lipinski definition) is 3. The van der Waals surface area contributed by atoms with E-state index in [1.54, 1.807) is 11.0 Å². The summed E-state index contributed by atoms with van der Waals surface area (Å²) in [6.45, 7) is 0.648. The first kappa shape index (κ1) is 10.7. The van der Waals surface area contributed by atoms with E-state index in [1.807, 2.05) is 7.05 Å². The summed E-state index contributed by atoms with van der Waals surface area (Å²) in [6.07, 6.45) is 5.98. The normalized spacial score (nSPS) is 30.1. The molecule has 1 N–H and O–H groups in total. The molecular weight excluding hydrogens is 216 g/mol. The van der Waals surface area contributed by atoms with Crippen LogP contribution in [0, 0.1) is 17.8 Å². The summed E-state index contributed by atoms with van der Waals surface area (Å²) in [5.41, 5.74) is 0. The average Bonchev–Trinajstić information content (AvgIpc) is 2.74. The molecule has 92 valence electrons. The van der Waals surface area contributed by atoms with Crippen LogP contribution < -0.4 is 5.32 Å². The van der Waals surface area contributed by atoms with Crippen LogP contribution in [-0.4, -0.2) is 27.2 Å². The smallest absolute Gasteiger partial charge is 0.223 e. The largest absolute Gasteiger partial charge is 0.355 e. The van der Waals surface area contributed by atoms with Crippen LogP contribution in [0.2, 0.25) is 0 Å². The van der Waals surface area contributed by atoms with Gasteiger partial charge in [0.1, 0.15) is 6.33 Å². The summed E-state index contributed by atoms with van der Waals surface area (Å²) in [5.74, 6) is 3.03. The molecule has 2 fully saturated rings. The SMILES string of the molecule is Cn1cnc(CCNC(=O)C2CC3CC3C2)n1. The molecule has 0 bridgehead atoms. The van der Waals surface area contributed by atoms with E-state index in [0.717, 1.165) is 30.5 Å². The lowest BCUT2D eigenvalue weighted by Gasteiger charge is -2.11. The fourth-order valence-electron chi connectivity index (χ4n) is 2.87. The molecule has 0 radical (unpaired) electrons. The van der Waals surface area contributed by atoms with Crippen molar-refractivity contribution in [3.63, 3.8) is 0 Å². The third-order valence-corrected chi connectivity index (χ3v) is 3.91. The molecule has 0 spiro atoms. The highest BCUT2D eigenvalue weighted by Gasteiger charge is 2.47. The van der Waals surface area contributed by atoms with Crippen LogP contribution in [0.3, 0.4) is 0 Å². The maximum absolute atomic E-state index is 11.8. The van der Waals surface area contributed by atoms with Crippen molar-refractivity contribution in [3.05, 3.63) is 12.2 Å². The van der Waals surface area contributed by atoms with Crippen LogP contribution in [0.4, 0.5) is 0 Å². The third kappa shape index (κ3) is 2.33. The first-order valence-electron chi connectivity index (χ1n) is 6.34. The minimum atomic E-state index is 0.230.